The second-order valence-corrected chi connectivity index (χ2v) is 10.4. The van der Waals surface area contributed by atoms with Crippen LogP contribution in [0, 0.1) is 5.92 Å². The molecule has 0 fully saturated rings. The summed E-state index contributed by atoms with van der Waals surface area (Å²) in [6.07, 6.45) is 1.33. The molecule has 0 spiro atoms. The minimum atomic E-state index is -0.926. The van der Waals surface area contributed by atoms with E-state index in [1.54, 1.807) is 55.5 Å². The summed E-state index contributed by atoms with van der Waals surface area (Å²) in [5.74, 6) is -0.967. The summed E-state index contributed by atoms with van der Waals surface area (Å²) in [4.78, 5) is 25.6. The van der Waals surface area contributed by atoms with Crippen molar-refractivity contribution in [3.8, 4) is 5.75 Å². The highest BCUT2D eigenvalue weighted by Crippen LogP contribution is 2.40. The van der Waals surface area contributed by atoms with Gasteiger partial charge in [0.25, 0.3) is 0 Å². The van der Waals surface area contributed by atoms with Gasteiger partial charge in [0.2, 0.25) is 5.91 Å². The molecule has 0 saturated carbocycles. The maximum absolute atomic E-state index is 13.1. The number of nitrogen functional groups attached to an aromatic ring is 1. The van der Waals surface area contributed by atoms with Gasteiger partial charge in [-0.1, -0.05) is 77.5 Å². The number of halogens is 2. The average Bonchev–Trinajstić information content (AvgIpc) is 2.89. The molecule has 0 unspecified atom stereocenters. The molecule has 0 aliphatic carbocycles. The Morgan fingerprint density at radius 1 is 0.947 bits per heavy atom. The third-order valence-electron chi connectivity index (χ3n) is 5.87. The van der Waals surface area contributed by atoms with E-state index in [-0.39, 0.29) is 5.75 Å². The maximum Gasteiger partial charge on any atom is 0.412 e. The average molecular weight is 639 g/mol. The number of benzene rings is 4. The number of aromatic hydroxyl groups is 1. The molecule has 2 amide bonds. The van der Waals surface area contributed by atoms with Crippen LogP contribution in [0.2, 0.25) is 0 Å². The molecule has 0 heterocycles. The van der Waals surface area contributed by atoms with E-state index in [1.165, 1.54) is 6.08 Å². The van der Waals surface area contributed by atoms with Crippen molar-refractivity contribution in [2.75, 3.05) is 16.4 Å². The number of hydrogen-bond acceptors (Lipinski definition) is 5. The molecule has 0 radical (unpaired) electrons. The van der Waals surface area contributed by atoms with Crippen LogP contribution in [-0.4, -0.2) is 17.1 Å². The van der Waals surface area contributed by atoms with Crippen LogP contribution in [0.25, 0.3) is 10.8 Å². The standard InChI is InChI=1S/C29H25Br2N3O4/c1-17(13-14-26(35)33-25-11-5-4-10-23(25)32)28(21-15-19(30)16-22(31)27(21)36)38-29(37)34-24-12-6-8-18-7-2-3-9-20(18)24/h2-17,28,36H,32H2,1H3,(H,33,35)(H,34,37)/b14-13+/t17-,28+/m1/s1. The third-order valence-corrected chi connectivity index (χ3v) is 6.93. The highest BCUT2D eigenvalue weighted by Gasteiger charge is 2.27. The summed E-state index contributed by atoms with van der Waals surface area (Å²) in [6.45, 7) is 1.78. The van der Waals surface area contributed by atoms with Crippen molar-refractivity contribution in [2.24, 2.45) is 5.92 Å². The first-order valence-corrected chi connectivity index (χ1v) is 13.3. The van der Waals surface area contributed by atoms with Crippen molar-refractivity contribution in [3.63, 3.8) is 0 Å². The fourth-order valence-corrected chi connectivity index (χ4v) is 5.23. The van der Waals surface area contributed by atoms with E-state index in [2.05, 4.69) is 42.5 Å². The van der Waals surface area contributed by atoms with E-state index >= 15 is 0 Å². The Kier molecular flexibility index (Phi) is 8.70. The van der Waals surface area contributed by atoms with E-state index in [9.17, 15) is 14.7 Å². The second kappa shape index (κ2) is 12.1. The molecule has 2 atom stereocenters. The van der Waals surface area contributed by atoms with Crippen molar-refractivity contribution >= 4 is 71.7 Å². The van der Waals surface area contributed by atoms with Crippen LogP contribution < -0.4 is 16.4 Å². The van der Waals surface area contributed by atoms with Gasteiger partial charge in [0.1, 0.15) is 11.9 Å². The van der Waals surface area contributed by atoms with Gasteiger partial charge in [0, 0.05) is 21.3 Å². The molecule has 0 aliphatic heterocycles. The number of nitrogens with one attached hydrogen (secondary N) is 2. The van der Waals surface area contributed by atoms with E-state index in [0.29, 0.717) is 31.6 Å². The summed E-state index contributed by atoms with van der Waals surface area (Å²) in [7, 11) is 0. The number of para-hydroxylation sites is 2. The van der Waals surface area contributed by atoms with Gasteiger partial charge >= 0.3 is 6.09 Å². The number of phenols is 1. The van der Waals surface area contributed by atoms with Crippen LogP contribution >= 0.6 is 31.9 Å². The Hall–Kier alpha value is -3.82. The first-order valence-electron chi connectivity index (χ1n) is 11.7. The van der Waals surface area contributed by atoms with Gasteiger partial charge in [-0.05, 0) is 57.7 Å². The normalized spacial score (nSPS) is 12.7. The molecule has 4 aromatic carbocycles. The molecule has 7 nitrogen and oxygen atoms in total. The summed E-state index contributed by atoms with van der Waals surface area (Å²) in [5.41, 5.74) is 7.80. The van der Waals surface area contributed by atoms with E-state index in [0.717, 1.165) is 10.8 Å². The van der Waals surface area contributed by atoms with Gasteiger partial charge in [0.15, 0.2) is 0 Å². The number of ether oxygens (including phenoxy) is 1. The molecule has 4 aromatic rings. The van der Waals surface area contributed by atoms with Gasteiger partial charge < -0.3 is 20.9 Å². The van der Waals surface area contributed by atoms with Crippen LogP contribution in [0.15, 0.2) is 100.0 Å². The van der Waals surface area contributed by atoms with Crippen LogP contribution in [0.1, 0.15) is 18.6 Å². The molecule has 9 heteroatoms. The lowest BCUT2D eigenvalue weighted by Crippen LogP contribution is -2.22. The summed E-state index contributed by atoms with van der Waals surface area (Å²) < 4.78 is 6.96. The van der Waals surface area contributed by atoms with Gasteiger partial charge in [-0.3, -0.25) is 10.1 Å². The van der Waals surface area contributed by atoms with Crippen molar-refractivity contribution in [2.45, 2.75) is 13.0 Å². The number of carbonyl (C=O) groups is 2. The van der Waals surface area contributed by atoms with Crippen molar-refractivity contribution in [3.05, 3.63) is 106 Å². The van der Waals surface area contributed by atoms with E-state index < -0.39 is 24.0 Å². The van der Waals surface area contributed by atoms with Gasteiger partial charge in [-0.2, -0.15) is 0 Å². The monoisotopic (exact) mass is 637 g/mol. The van der Waals surface area contributed by atoms with Gasteiger partial charge in [0.05, 0.1) is 21.5 Å². The predicted octanol–water partition coefficient (Wildman–Crippen LogP) is 7.77. The smallest absolute Gasteiger partial charge is 0.412 e. The molecular formula is C29H25Br2N3O4. The summed E-state index contributed by atoms with van der Waals surface area (Å²) in [5, 5.41) is 18.2. The number of fused-ring (bicyclic) bond motifs is 1. The Balaban J connectivity index is 1.58. The number of phenolic OH excluding ortho intramolecular Hbond substituents is 1. The second-order valence-electron chi connectivity index (χ2n) is 8.60. The fourth-order valence-electron chi connectivity index (χ4n) is 3.97. The molecular weight excluding hydrogens is 614 g/mol. The molecule has 0 bridgehead atoms. The van der Waals surface area contributed by atoms with Crippen molar-refractivity contribution in [1.82, 2.24) is 0 Å². The summed E-state index contributed by atoms with van der Waals surface area (Å²) in [6, 6.07) is 23.5. The minimum absolute atomic E-state index is 0.0714. The Bertz CT molecular complexity index is 1520. The van der Waals surface area contributed by atoms with E-state index in [4.69, 9.17) is 10.5 Å². The molecule has 194 valence electrons. The SMILES string of the molecule is C[C@H](/C=C/C(=O)Nc1ccccc1N)[C@H](OC(=O)Nc1cccc2ccccc12)c1cc(Br)cc(Br)c1O. The number of rotatable bonds is 7. The van der Waals surface area contributed by atoms with Crippen LogP contribution in [0.5, 0.6) is 5.75 Å². The highest BCUT2D eigenvalue weighted by molar-refractivity contribution is 9.11. The topological polar surface area (TPSA) is 114 Å². The zero-order valence-electron chi connectivity index (χ0n) is 20.3. The third kappa shape index (κ3) is 6.54. The fraction of sp³-hybridized carbons (Fsp3) is 0.103. The lowest BCUT2D eigenvalue weighted by Gasteiger charge is -2.24. The predicted molar refractivity (Wildman–Crippen MR) is 158 cm³/mol. The quantitative estimate of drug-likeness (QED) is 0.122. The maximum atomic E-state index is 13.1. The van der Waals surface area contributed by atoms with Gasteiger partial charge in [-0.15, -0.1) is 0 Å². The molecule has 4 rings (SSSR count). The van der Waals surface area contributed by atoms with Crippen molar-refractivity contribution < 1.29 is 19.4 Å². The molecule has 38 heavy (non-hydrogen) atoms. The largest absolute Gasteiger partial charge is 0.506 e. The lowest BCUT2D eigenvalue weighted by molar-refractivity contribution is -0.111. The number of amides is 2. The van der Waals surface area contributed by atoms with Crippen molar-refractivity contribution in [1.29, 1.82) is 0 Å². The number of carbonyl (C=O) groups excluding carboxylic acids is 2. The summed E-state index contributed by atoms with van der Waals surface area (Å²) >= 11 is 6.76. The molecule has 5 N–H and O–H groups in total. The zero-order valence-corrected chi connectivity index (χ0v) is 23.5. The van der Waals surface area contributed by atoms with Crippen LogP contribution in [0.4, 0.5) is 21.9 Å². The molecule has 0 aromatic heterocycles. The minimum Gasteiger partial charge on any atom is -0.506 e. The number of hydrogen-bond donors (Lipinski definition) is 4. The van der Waals surface area contributed by atoms with Crippen LogP contribution in [-0.2, 0) is 9.53 Å². The Labute approximate surface area is 236 Å². The first-order chi connectivity index (χ1) is 18.2. The molecule has 0 aliphatic rings. The highest BCUT2D eigenvalue weighted by atomic mass is 79.9. The van der Waals surface area contributed by atoms with Gasteiger partial charge in [-0.25, -0.2) is 4.79 Å². The Morgan fingerprint density at radius 2 is 1.63 bits per heavy atom. The number of anilines is 3. The van der Waals surface area contributed by atoms with E-state index in [1.807, 2.05) is 36.4 Å². The zero-order chi connectivity index (χ0) is 27.2. The first kappa shape index (κ1) is 27.2. The molecule has 0 saturated heterocycles. The lowest BCUT2D eigenvalue weighted by atomic mass is 9.96. The number of nitrogens with two attached hydrogens (primary N) is 1. The Morgan fingerprint density at radius 3 is 2.42 bits per heavy atom. The van der Waals surface area contributed by atoms with Crippen LogP contribution in [0.3, 0.4) is 0 Å².